The number of anilines is 4. The molecule has 162 valence electrons. The Labute approximate surface area is 177 Å². The van der Waals surface area contributed by atoms with Gasteiger partial charge in [0.25, 0.3) is 0 Å². The van der Waals surface area contributed by atoms with Crippen LogP contribution in [0.5, 0.6) is 0 Å². The van der Waals surface area contributed by atoms with Gasteiger partial charge in [-0.3, -0.25) is 4.98 Å². The molecule has 7 nitrogen and oxygen atoms in total. The molecular weight excluding hydrogens is 407 g/mol. The fourth-order valence-electron chi connectivity index (χ4n) is 3.48. The molecule has 0 saturated carbocycles. The number of pyridine rings is 2. The van der Waals surface area contributed by atoms with Crippen molar-refractivity contribution in [2.24, 2.45) is 0 Å². The van der Waals surface area contributed by atoms with Crippen LogP contribution in [0.4, 0.5) is 36.4 Å². The predicted octanol–water partition coefficient (Wildman–Crippen LogP) is 4.66. The van der Waals surface area contributed by atoms with Gasteiger partial charge in [0.05, 0.1) is 16.9 Å². The minimum Gasteiger partial charge on any atom is -0.384 e. The van der Waals surface area contributed by atoms with Crippen LogP contribution in [-0.4, -0.2) is 33.0 Å². The molecular formula is C21H22F3N7. The minimum absolute atomic E-state index is 0.121. The van der Waals surface area contributed by atoms with Gasteiger partial charge in [-0.05, 0) is 31.0 Å². The molecule has 1 fully saturated rings. The molecule has 3 N–H and O–H groups in total. The largest absolute Gasteiger partial charge is 0.419 e. The van der Waals surface area contributed by atoms with Crippen molar-refractivity contribution < 1.29 is 13.2 Å². The van der Waals surface area contributed by atoms with E-state index in [4.69, 9.17) is 5.73 Å². The normalized spacial score (nSPS) is 14.9. The Hall–Kier alpha value is -3.43. The Morgan fingerprint density at radius 3 is 2.42 bits per heavy atom. The monoisotopic (exact) mass is 429 g/mol. The van der Waals surface area contributed by atoms with E-state index >= 15 is 0 Å². The van der Waals surface area contributed by atoms with Crippen LogP contribution in [0.25, 0.3) is 11.3 Å². The fraction of sp³-hybridized carbons (Fsp3) is 0.333. The maximum atomic E-state index is 13.4. The number of halogens is 3. The van der Waals surface area contributed by atoms with E-state index < -0.39 is 11.7 Å². The Balaban J connectivity index is 1.75. The number of nitrogens with one attached hydrogen (secondary N) is 1. The number of nitrogens with zero attached hydrogens (tertiary/aromatic N) is 5. The molecule has 0 bridgehead atoms. The van der Waals surface area contributed by atoms with Crippen molar-refractivity contribution in [3.8, 4) is 11.3 Å². The van der Waals surface area contributed by atoms with Gasteiger partial charge in [-0.25, -0.2) is 9.97 Å². The Bertz CT molecular complexity index is 1030. The lowest BCUT2D eigenvalue weighted by atomic mass is 10.2. The highest BCUT2D eigenvalue weighted by Gasteiger charge is 2.34. The van der Waals surface area contributed by atoms with Crippen molar-refractivity contribution in [2.45, 2.75) is 31.9 Å². The lowest BCUT2D eigenvalue weighted by Crippen LogP contribution is -2.26. The Morgan fingerprint density at radius 1 is 0.968 bits per heavy atom. The molecule has 1 saturated heterocycles. The molecule has 0 amide bonds. The Kier molecular flexibility index (Phi) is 5.88. The van der Waals surface area contributed by atoms with E-state index in [0.29, 0.717) is 23.0 Å². The number of nitrogens with two attached hydrogens (primary N) is 1. The number of alkyl halides is 3. The molecule has 3 aromatic rings. The second kappa shape index (κ2) is 8.75. The molecule has 0 aliphatic carbocycles. The zero-order valence-corrected chi connectivity index (χ0v) is 16.7. The second-order valence-electron chi connectivity index (χ2n) is 7.36. The molecule has 1 aliphatic heterocycles. The van der Waals surface area contributed by atoms with E-state index in [1.807, 2.05) is 0 Å². The third-order valence-electron chi connectivity index (χ3n) is 5.07. The van der Waals surface area contributed by atoms with Gasteiger partial charge in [-0.1, -0.05) is 12.8 Å². The van der Waals surface area contributed by atoms with Gasteiger partial charge in [0.2, 0.25) is 5.95 Å². The van der Waals surface area contributed by atoms with E-state index in [1.165, 1.54) is 12.3 Å². The van der Waals surface area contributed by atoms with E-state index in [2.05, 4.69) is 30.2 Å². The zero-order chi connectivity index (χ0) is 21.8. The van der Waals surface area contributed by atoms with Crippen LogP contribution >= 0.6 is 0 Å². The number of hydrogen-bond acceptors (Lipinski definition) is 7. The quantitative estimate of drug-likeness (QED) is 0.623. The first-order valence-electron chi connectivity index (χ1n) is 10.0. The molecule has 3 aromatic heterocycles. The van der Waals surface area contributed by atoms with Gasteiger partial charge < -0.3 is 16.0 Å². The van der Waals surface area contributed by atoms with E-state index in [9.17, 15) is 13.2 Å². The molecule has 1 aliphatic rings. The van der Waals surface area contributed by atoms with Crippen molar-refractivity contribution in [2.75, 3.05) is 29.0 Å². The summed E-state index contributed by atoms with van der Waals surface area (Å²) >= 11 is 0. The summed E-state index contributed by atoms with van der Waals surface area (Å²) in [6.07, 6.45) is 3.44. The number of aromatic nitrogens is 4. The zero-order valence-electron chi connectivity index (χ0n) is 16.7. The molecule has 0 aromatic carbocycles. The fourth-order valence-corrected chi connectivity index (χ4v) is 3.48. The first kappa shape index (κ1) is 20.8. The topological polar surface area (TPSA) is 92.8 Å². The standard InChI is InChI=1S/C21H22F3N7/c22-21(23,24)15-13-26-8-7-16(15)28-19-11-17(14-5-6-18(25)27-12-14)29-20(30-19)31-9-3-1-2-4-10-31/h5-8,11-13H,1-4,9-10H2,(H2,25,27)(H,26,28,29,30). The lowest BCUT2D eigenvalue weighted by molar-refractivity contribution is -0.137. The van der Waals surface area contributed by atoms with Crippen molar-refractivity contribution in [3.63, 3.8) is 0 Å². The minimum atomic E-state index is -4.54. The number of nitrogen functional groups attached to an aromatic ring is 1. The van der Waals surface area contributed by atoms with Gasteiger partial charge in [0.15, 0.2) is 0 Å². The average Bonchev–Trinajstić information content (AvgIpc) is 3.03. The third kappa shape index (κ3) is 5.01. The third-order valence-corrected chi connectivity index (χ3v) is 5.07. The molecule has 4 rings (SSSR count). The molecule has 0 radical (unpaired) electrons. The highest BCUT2D eigenvalue weighted by Crippen LogP contribution is 2.35. The first-order chi connectivity index (χ1) is 14.9. The molecule has 0 atom stereocenters. The van der Waals surface area contributed by atoms with Crippen LogP contribution in [0.2, 0.25) is 0 Å². The number of rotatable bonds is 4. The van der Waals surface area contributed by atoms with Crippen molar-refractivity contribution in [1.29, 1.82) is 0 Å². The molecule has 0 unspecified atom stereocenters. The van der Waals surface area contributed by atoms with Gasteiger partial charge >= 0.3 is 6.18 Å². The SMILES string of the molecule is Nc1ccc(-c2cc(Nc3ccncc3C(F)(F)F)nc(N3CCCCCC3)n2)cn1. The summed E-state index contributed by atoms with van der Waals surface area (Å²) in [6.45, 7) is 1.60. The summed E-state index contributed by atoms with van der Waals surface area (Å²) in [5.74, 6) is 1.11. The van der Waals surface area contributed by atoms with Crippen molar-refractivity contribution in [3.05, 3.63) is 48.4 Å². The first-order valence-corrected chi connectivity index (χ1v) is 10.0. The highest BCUT2D eigenvalue weighted by molar-refractivity contribution is 5.69. The van der Waals surface area contributed by atoms with Gasteiger partial charge in [0.1, 0.15) is 11.6 Å². The Morgan fingerprint density at radius 2 is 1.74 bits per heavy atom. The van der Waals surface area contributed by atoms with Gasteiger partial charge in [0, 0.05) is 43.3 Å². The van der Waals surface area contributed by atoms with Crippen LogP contribution in [0, 0.1) is 0 Å². The van der Waals surface area contributed by atoms with E-state index in [-0.39, 0.29) is 11.5 Å². The summed E-state index contributed by atoms with van der Waals surface area (Å²) < 4.78 is 40.2. The van der Waals surface area contributed by atoms with Gasteiger partial charge in [-0.15, -0.1) is 0 Å². The lowest BCUT2D eigenvalue weighted by Gasteiger charge is -2.22. The van der Waals surface area contributed by atoms with Crippen LogP contribution in [0.1, 0.15) is 31.2 Å². The maximum Gasteiger partial charge on any atom is 0.419 e. The van der Waals surface area contributed by atoms with E-state index in [0.717, 1.165) is 45.0 Å². The van der Waals surface area contributed by atoms with E-state index in [1.54, 1.807) is 24.4 Å². The second-order valence-corrected chi connectivity index (χ2v) is 7.36. The molecule has 0 spiro atoms. The van der Waals surface area contributed by atoms with Crippen LogP contribution in [0.15, 0.2) is 42.9 Å². The summed E-state index contributed by atoms with van der Waals surface area (Å²) in [4.78, 5) is 19.0. The molecule has 10 heteroatoms. The summed E-state index contributed by atoms with van der Waals surface area (Å²) in [5, 5.41) is 2.81. The number of hydrogen-bond donors (Lipinski definition) is 2. The summed E-state index contributed by atoms with van der Waals surface area (Å²) in [5.41, 5.74) is 5.94. The highest BCUT2D eigenvalue weighted by atomic mass is 19.4. The predicted molar refractivity (Wildman–Crippen MR) is 113 cm³/mol. The van der Waals surface area contributed by atoms with Crippen LogP contribution in [-0.2, 0) is 6.18 Å². The van der Waals surface area contributed by atoms with Gasteiger partial charge in [-0.2, -0.15) is 18.2 Å². The van der Waals surface area contributed by atoms with Crippen LogP contribution in [0.3, 0.4) is 0 Å². The van der Waals surface area contributed by atoms with Crippen molar-refractivity contribution in [1.82, 2.24) is 19.9 Å². The van der Waals surface area contributed by atoms with Crippen molar-refractivity contribution >= 4 is 23.3 Å². The average molecular weight is 429 g/mol. The summed E-state index contributed by atoms with van der Waals surface area (Å²) in [7, 11) is 0. The maximum absolute atomic E-state index is 13.4. The van der Waals surface area contributed by atoms with Crippen LogP contribution < -0.4 is 16.0 Å². The molecule has 4 heterocycles. The summed E-state index contributed by atoms with van der Waals surface area (Å²) in [6, 6.07) is 6.31. The molecule has 31 heavy (non-hydrogen) atoms. The smallest absolute Gasteiger partial charge is 0.384 e.